The highest BCUT2D eigenvalue weighted by Crippen LogP contribution is 2.51. The molecule has 1 N–H and O–H groups in total. The molecule has 1 unspecified atom stereocenters. The van der Waals surface area contributed by atoms with Gasteiger partial charge in [-0.2, -0.15) is 0 Å². The zero-order chi connectivity index (χ0) is 19.0. The largest absolute Gasteiger partial charge is 0.507 e. The van der Waals surface area contributed by atoms with Crippen molar-refractivity contribution in [3.63, 3.8) is 0 Å². The molecule has 0 bridgehead atoms. The van der Waals surface area contributed by atoms with Crippen molar-refractivity contribution >= 4 is 22.7 Å². The summed E-state index contributed by atoms with van der Waals surface area (Å²) in [5.41, 5.74) is 0.185. The van der Waals surface area contributed by atoms with E-state index in [1.54, 1.807) is 28.7 Å². The molecule has 0 spiro atoms. The van der Waals surface area contributed by atoms with Gasteiger partial charge in [0.15, 0.2) is 0 Å². The summed E-state index contributed by atoms with van der Waals surface area (Å²) in [5, 5.41) is 12.8. The van der Waals surface area contributed by atoms with Crippen LogP contribution in [-0.4, -0.2) is 5.11 Å². The molecular weight excluding hydrogens is 376 g/mol. The third kappa shape index (κ3) is 3.90. The molecule has 1 aliphatic carbocycles. The molecule has 3 aromatic rings. The lowest BCUT2D eigenvalue weighted by Crippen LogP contribution is -2.16. The van der Waals surface area contributed by atoms with E-state index in [0.717, 1.165) is 30.6 Å². The second-order valence-corrected chi connectivity index (χ2v) is 9.99. The van der Waals surface area contributed by atoms with Crippen molar-refractivity contribution in [2.45, 2.75) is 51.9 Å². The number of thiophene rings is 2. The maximum atomic E-state index is 12.7. The van der Waals surface area contributed by atoms with E-state index in [-0.39, 0.29) is 17.1 Å². The highest BCUT2D eigenvalue weighted by atomic mass is 32.1. The SMILES string of the molecule is CCC(c1ccc(C)s1)c1c(O)cc(CC2(Cc3cccs3)CC2)oc1=O. The molecule has 1 aliphatic rings. The predicted octanol–water partition coefficient (Wildman–Crippen LogP) is 5.88. The van der Waals surface area contributed by atoms with Gasteiger partial charge < -0.3 is 9.52 Å². The minimum atomic E-state index is -0.394. The van der Waals surface area contributed by atoms with Gasteiger partial charge in [0, 0.05) is 33.0 Å². The average molecular weight is 401 g/mol. The van der Waals surface area contributed by atoms with Crippen molar-refractivity contribution in [2.24, 2.45) is 5.41 Å². The molecule has 0 amide bonds. The zero-order valence-corrected chi connectivity index (χ0v) is 17.3. The average Bonchev–Trinajstić information content (AvgIpc) is 2.99. The van der Waals surface area contributed by atoms with Crippen LogP contribution in [0.15, 0.2) is 44.9 Å². The summed E-state index contributed by atoms with van der Waals surface area (Å²) in [5.74, 6) is 0.564. The van der Waals surface area contributed by atoms with Gasteiger partial charge in [0.2, 0.25) is 0 Å². The van der Waals surface area contributed by atoms with E-state index in [0.29, 0.717) is 17.7 Å². The molecule has 1 fully saturated rings. The molecule has 5 heteroatoms. The summed E-state index contributed by atoms with van der Waals surface area (Å²) < 4.78 is 5.69. The lowest BCUT2D eigenvalue weighted by atomic mass is 9.93. The second kappa shape index (κ2) is 7.28. The van der Waals surface area contributed by atoms with Crippen LogP contribution in [0.4, 0.5) is 0 Å². The Kier molecular flexibility index (Phi) is 4.99. The molecule has 27 heavy (non-hydrogen) atoms. The quantitative estimate of drug-likeness (QED) is 0.538. The van der Waals surface area contributed by atoms with Crippen LogP contribution < -0.4 is 5.63 Å². The monoisotopic (exact) mass is 400 g/mol. The lowest BCUT2D eigenvalue weighted by molar-refractivity contribution is 0.374. The molecule has 0 aromatic carbocycles. The number of rotatable bonds is 7. The number of aryl methyl sites for hydroxylation is 1. The molecule has 142 valence electrons. The molecule has 3 heterocycles. The Balaban J connectivity index is 1.59. The number of aromatic hydroxyl groups is 1. The fourth-order valence-electron chi connectivity index (χ4n) is 3.88. The Morgan fingerprint density at radius 3 is 2.63 bits per heavy atom. The first-order chi connectivity index (χ1) is 13.0. The van der Waals surface area contributed by atoms with E-state index in [2.05, 4.69) is 30.5 Å². The van der Waals surface area contributed by atoms with Gasteiger partial charge in [0.1, 0.15) is 11.5 Å². The van der Waals surface area contributed by atoms with Crippen LogP contribution in [0, 0.1) is 12.3 Å². The molecule has 1 atom stereocenters. The van der Waals surface area contributed by atoms with Crippen molar-refractivity contribution in [1.29, 1.82) is 0 Å². The lowest BCUT2D eigenvalue weighted by Gasteiger charge is -2.16. The van der Waals surface area contributed by atoms with Crippen LogP contribution in [0.1, 0.15) is 58.1 Å². The van der Waals surface area contributed by atoms with Gasteiger partial charge in [0.05, 0.1) is 5.56 Å². The Hall–Kier alpha value is -1.85. The van der Waals surface area contributed by atoms with Crippen LogP contribution in [-0.2, 0) is 12.8 Å². The normalized spacial score (nSPS) is 16.4. The molecule has 3 aromatic heterocycles. The van der Waals surface area contributed by atoms with E-state index in [9.17, 15) is 9.90 Å². The van der Waals surface area contributed by atoms with Crippen molar-refractivity contribution in [3.05, 3.63) is 72.1 Å². The van der Waals surface area contributed by atoms with E-state index in [1.807, 2.05) is 13.0 Å². The van der Waals surface area contributed by atoms with Crippen molar-refractivity contribution < 1.29 is 9.52 Å². The summed E-state index contributed by atoms with van der Waals surface area (Å²) >= 11 is 3.44. The zero-order valence-electron chi connectivity index (χ0n) is 15.7. The molecule has 0 saturated heterocycles. The van der Waals surface area contributed by atoms with Gasteiger partial charge >= 0.3 is 5.63 Å². The van der Waals surface area contributed by atoms with Crippen LogP contribution in [0.2, 0.25) is 0 Å². The Bertz CT molecular complexity index is 977. The Morgan fingerprint density at radius 2 is 2.07 bits per heavy atom. The summed E-state index contributed by atoms with van der Waals surface area (Å²) in [4.78, 5) is 16.4. The van der Waals surface area contributed by atoms with E-state index < -0.39 is 5.63 Å². The molecule has 1 saturated carbocycles. The van der Waals surface area contributed by atoms with E-state index >= 15 is 0 Å². The molecular formula is C22H24O3S2. The van der Waals surface area contributed by atoms with Crippen LogP contribution in [0.25, 0.3) is 0 Å². The summed E-state index contributed by atoms with van der Waals surface area (Å²) in [7, 11) is 0. The minimum absolute atomic E-state index is 0.0751. The first-order valence-electron chi connectivity index (χ1n) is 9.44. The molecule has 3 nitrogen and oxygen atoms in total. The molecule has 4 rings (SSSR count). The molecule has 0 aliphatic heterocycles. The summed E-state index contributed by atoms with van der Waals surface area (Å²) in [6.07, 6.45) is 4.76. The van der Waals surface area contributed by atoms with Crippen molar-refractivity contribution in [1.82, 2.24) is 0 Å². The summed E-state index contributed by atoms with van der Waals surface area (Å²) in [6, 6.07) is 10.0. The molecule has 0 radical (unpaired) electrons. The maximum Gasteiger partial charge on any atom is 0.343 e. The highest BCUT2D eigenvalue weighted by molar-refractivity contribution is 7.12. The maximum absolute atomic E-state index is 12.7. The van der Waals surface area contributed by atoms with Gasteiger partial charge in [-0.25, -0.2) is 4.79 Å². The third-order valence-corrected chi connectivity index (χ3v) is 7.51. The van der Waals surface area contributed by atoms with Gasteiger partial charge in [-0.3, -0.25) is 0 Å². The third-order valence-electron chi connectivity index (χ3n) is 5.51. The van der Waals surface area contributed by atoms with E-state index in [4.69, 9.17) is 4.42 Å². The Morgan fingerprint density at radius 1 is 1.26 bits per heavy atom. The fraction of sp³-hybridized carbons (Fsp3) is 0.409. The van der Waals surface area contributed by atoms with Crippen LogP contribution in [0.3, 0.4) is 0 Å². The number of hydrogen-bond acceptors (Lipinski definition) is 5. The standard InChI is InChI=1S/C22H24O3S2/c1-3-17(19-7-6-14(2)27-19)20-18(23)11-15(25-21(20)24)12-22(8-9-22)13-16-5-4-10-26-16/h4-7,10-11,17,23H,3,8-9,12-13H2,1-2H3. The fourth-order valence-corrected chi connectivity index (χ4v) is 5.83. The van der Waals surface area contributed by atoms with E-state index in [1.165, 1.54) is 9.75 Å². The van der Waals surface area contributed by atoms with Gasteiger partial charge in [-0.1, -0.05) is 13.0 Å². The Labute approximate surface area is 167 Å². The van der Waals surface area contributed by atoms with Crippen LogP contribution in [0.5, 0.6) is 5.75 Å². The van der Waals surface area contributed by atoms with Gasteiger partial charge in [-0.15, -0.1) is 22.7 Å². The minimum Gasteiger partial charge on any atom is -0.507 e. The second-order valence-electron chi connectivity index (χ2n) is 7.64. The van der Waals surface area contributed by atoms with Gasteiger partial charge in [0.25, 0.3) is 0 Å². The predicted molar refractivity (Wildman–Crippen MR) is 111 cm³/mol. The highest BCUT2D eigenvalue weighted by Gasteiger charge is 2.43. The first-order valence-corrected chi connectivity index (χ1v) is 11.1. The number of hydrogen-bond donors (Lipinski definition) is 1. The van der Waals surface area contributed by atoms with Crippen molar-refractivity contribution in [3.8, 4) is 5.75 Å². The van der Waals surface area contributed by atoms with Gasteiger partial charge in [-0.05, 0) is 61.6 Å². The topological polar surface area (TPSA) is 50.4 Å². The first kappa shape index (κ1) is 18.5. The summed E-state index contributed by atoms with van der Waals surface area (Å²) in [6.45, 7) is 4.09. The smallest absolute Gasteiger partial charge is 0.343 e. The van der Waals surface area contributed by atoms with Crippen LogP contribution >= 0.6 is 22.7 Å². The van der Waals surface area contributed by atoms with Crippen molar-refractivity contribution in [2.75, 3.05) is 0 Å².